The number of hydrogen-bond acceptors (Lipinski definition) is 7. The molecule has 3 aromatic rings. The molecular formula is C25H30N4O3S. The van der Waals surface area contributed by atoms with Gasteiger partial charge in [-0.1, -0.05) is 54.2 Å². The molecule has 33 heavy (non-hydrogen) atoms. The lowest BCUT2D eigenvalue weighted by atomic mass is 10.1. The number of carbonyl (C=O) groups is 1. The predicted molar refractivity (Wildman–Crippen MR) is 128 cm³/mol. The third-order valence-corrected chi connectivity index (χ3v) is 6.76. The number of aromatic nitrogens is 2. The second-order valence-corrected chi connectivity index (χ2v) is 9.24. The molecule has 1 fully saturated rings. The summed E-state index contributed by atoms with van der Waals surface area (Å²) >= 11 is 1.27. The van der Waals surface area contributed by atoms with E-state index in [4.69, 9.17) is 9.15 Å². The molecule has 4 rings (SSSR count). The quantitative estimate of drug-likeness (QED) is 0.459. The van der Waals surface area contributed by atoms with Crippen LogP contribution in [0.4, 0.5) is 0 Å². The van der Waals surface area contributed by atoms with Crippen LogP contribution < -0.4 is 4.74 Å². The van der Waals surface area contributed by atoms with Crippen LogP contribution in [0.15, 0.2) is 58.2 Å². The topological polar surface area (TPSA) is 71.7 Å². The summed E-state index contributed by atoms with van der Waals surface area (Å²) in [4.78, 5) is 17.0. The fourth-order valence-electron chi connectivity index (χ4n) is 3.87. The van der Waals surface area contributed by atoms with Gasteiger partial charge in [0, 0.05) is 32.2 Å². The minimum Gasteiger partial charge on any atom is -0.484 e. The lowest BCUT2D eigenvalue weighted by Gasteiger charge is -2.38. The number of amides is 1. The van der Waals surface area contributed by atoms with Gasteiger partial charge in [0.1, 0.15) is 5.75 Å². The predicted octanol–water partition coefficient (Wildman–Crippen LogP) is 4.26. The van der Waals surface area contributed by atoms with Gasteiger partial charge in [0.25, 0.3) is 11.1 Å². The van der Waals surface area contributed by atoms with E-state index >= 15 is 0 Å². The number of hydrogen-bond donors (Lipinski definition) is 0. The van der Waals surface area contributed by atoms with E-state index in [9.17, 15) is 4.79 Å². The van der Waals surface area contributed by atoms with Crippen molar-refractivity contribution in [2.45, 2.75) is 38.6 Å². The number of ether oxygens (including phenoxy) is 1. The van der Waals surface area contributed by atoms with E-state index in [0.29, 0.717) is 17.2 Å². The molecule has 0 spiro atoms. The average Bonchev–Trinajstić information content (AvgIpc) is 3.31. The van der Waals surface area contributed by atoms with Crippen LogP contribution in [0, 0.1) is 13.8 Å². The zero-order valence-corrected chi connectivity index (χ0v) is 20.2. The summed E-state index contributed by atoms with van der Waals surface area (Å²) in [6.45, 7) is 9.64. The fourth-order valence-corrected chi connectivity index (χ4v) is 4.56. The highest BCUT2D eigenvalue weighted by Crippen LogP contribution is 2.23. The van der Waals surface area contributed by atoms with E-state index in [1.54, 1.807) is 0 Å². The molecule has 0 saturated carbocycles. The van der Waals surface area contributed by atoms with E-state index in [2.05, 4.69) is 46.3 Å². The highest BCUT2D eigenvalue weighted by Gasteiger charge is 2.25. The number of benzene rings is 2. The van der Waals surface area contributed by atoms with Gasteiger partial charge in [-0.15, -0.1) is 10.2 Å². The fraction of sp³-hybridized carbons (Fsp3) is 0.400. The molecule has 7 nitrogen and oxygen atoms in total. The Morgan fingerprint density at radius 2 is 1.85 bits per heavy atom. The molecule has 1 saturated heterocycles. The van der Waals surface area contributed by atoms with Crippen LogP contribution in [0.1, 0.15) is 35.5 Å². The second kappa shape index (κ2) is 10.9. The van der Waals surface area contributed by atoms with Crippen LogP contribution in [0.25, 0.3) is 0 Å². The van der Waals surface area contributed by atoms with Crippen molar-refractivity contribution in [3.63, 3.8) is 0 Å². The van der Waals surface area contributed by atoms with Crippen molar-refractivity contribution in [1.82, 2.24) is 20.0 Å². The van der Waals surface area contributed by atoms with Crippen LogP contribution in [0.3, 0.4) is 0 Å². The maximum atomic E-state index is 12.7. The first-order chi connectivity index (χ1) is 16.0. The molecule has 0 bridgehead atoms. The van der Waals surface area contributed by atoms with Gasteiger partial charge >= 0.3 is 0 Å². The van der Waals surface area contributed by atoms with Gasteiger partial charge in [0.05, 0.1) is 5.75 Å². The van der Waals surface area contributed by atoms with E-state index < -0.39 is 0 Å². The molecular weight excluding hydrogens is 436 g/mol. The first-order valence-corrected chi connectivity index (χ1v) is 12.2. The van der Waals surface area contributed by atoms with Crippen LogP contribution in [0.5, 0.6) is 5.75 Å². The van der Waals surface area contributed by atoms with Crippen molar-refractivity contribution in [2.24, 2.45) is 0 Å². The van der Waals surface area contributed by atoms with Gasteiger partial charge in [0.15, 0.2) is 6.61 Å². The molecule has 1 aromatic heterocycles. The Hall–Kier alpha value is -2.84. The van der Waals surface area contributed by atoms with E-state index in [1.165, 1.54) is 17.3 Å². The SMILES string of the molecule is Cc1ccc(C)c(OCc2nnc(SCC(=O)N3CCN(C(C)c4ccccc4)CC3)o2)c1. The highest BCUT2D eigenvalue weighted by molar-refractivity contribution is 7.99. The Morgan fingerprint density at radius 3 is 2.61 bits per heavy atom. The zero-order valence-electron chi connectivity index (χ0n) is 19.4. The largest absolute Gasteiger partial charge is 0.484 e. The summed E-state index contributed by atoms with van der Waals surface area (Å²) in [5.41, 5.74) is 3.49. The molecule has 174 valence electrons. The molecule has 0 N–H and O–H groups in total. The number of piperazine rings is 1. The minimum absolute atomic E-state index is 0.0957. The van der Waals surface area contributed by atoms with E-state index in [-0.39, 0.29) is 18.3 Å². The van der Waals surface area contributed by atoms with Crippen LogP contribution >= 0.6 is 11.8 Å². The summed E-state index contributed by atoms with van der Waals surface area (Å²) in [5, 5.41) is 8.47. The van der Waals surface area contributed by atoms with Gasteiger partial charge in [-0.2, -0.15) is 0 Å². The number of aryl methyl sites for hydroxylation is 2. The van der Waals surface area contributed by atoms with Gasteiger partial charge in [0.2, 0.25) is 5.91 Å². The molecule has 1 amide bonds. The van der Waals surface area contributed by atoms with Crippen molar-refractivity contribution < 1.29 is 13.9 Å². The van der Waals surface area contributed by atoms with Gasteiger partial charge in [-0.3, -0.25) is 9.69 Å². The lowest BCUT2D eigenvalue weighted by molar-refractivity contribution is -0.130. The van der Waals surface area contributed by atoms with Crippen molar-refractivity contribution >= 4 is 17.7 Å². The van der Waals surface area contributed by atoms with Crippen LogP contribution in [0.2, 0.25) is 0 Å². The van der Waals surface area contributed by atoms with E-state index in [1.807, 2.05) is 43.0 Å². The molecule has 0 radical (unpaired) electrons. The Balaban J connectivity index is 1.21. The standard InChI is InChI=1S/C25H30N4O3S/c1-18-9-10-19(2)22(15-18)31-16-23-26-27-25(32-23)33-17-24(30)29-13-11-28(12-14-29)20(3)21-7-5-4-6-8-21/h4-10,15,20H,11-14,16-17H2,1-3H3. The molecule has 2 aromatic carbocycles. The van der Waals surface area contributed by atoms with Crippen LogP contribution in [-0.4, -0.2) is 57.8 Å². The molecule has 1 aliphatic rings. The monoisotopic (exact) mass is 466 g/mol. The Kier molecular flexibility index (Phi) is 7.67. The number of nitrogens with zero attached hydrogens (tertiary/aromatic N) is 4. The summed E-state index contributed by atoms with van der Waals surface area (Å²) in [6.07, 6.45) is 0. The molecule has 0 aliphatic carbocycles. The lowest BCUT2D eigenvalue weighted by Crippen LogP contribution is -2.49. The Bertz CT molecular complexity index is 1060. The molecule has 1 unspecified atom stereocenters. The average molecular weight is 467 g/mol. The minimum atomic E-state index is 0.0957. The number of carbonyl (C=O) groups excluding carboxylic acids is 1. The van der Waals surface area contributed by atoms with Gasteiger partial charge < -0.3 is 14.1 Å². The molecule has 8 heteroatoms. The van der Waals surface area contributed by atoms with Crippen molar-refractivity contribution in [3.05, 3.63) is 71.1 Å². The van der Waals surface area contributed by atoms with Crippen molar-refractivity contribution in [2.75, 3.05) is 31.9 Å². The number of thioether (sulfide) groups is 1. The normalized spacial score (nSPS) is 15.4. The molecule has 1 atom stereocenters. The summed E-state index contributed by atoms with van der Waals surface area (Å²) in [6, 6.07) is 16.9. The molecule has 2 heterocycles. The Morgan fingerprint density at radius 1 is 1.09 bits per heavy atom. The Labute approximate surface area is 199 Å². The third kappa shape index (κ3) is 6.15. The van der Waals surface area contributed by atoms with Gasteiger partial charge in [-0.05, 0) is 43.5 Å². The van der Waals surface area contributed by atoms with Crippen LogP contribution in [-0.2, 0) is 11.4 Å². The first kappa shape index (κ1) is 23.3. The third-order valence-electron chi connectivity index (χ3n) is 5.96. The summed E-state index contributed by atoms with van der Waals surface area (Å²) in [7, 11) is 0. The number of rotatable bonds is 8. The van der Waals surface area contributed by atoms with E-state index in [0.717, 1.165) is 43.1 Å². The second-order valence-electron chi connectivity index (χ2n) is 8.31. The van der Waals surface area contributed by atoms with Crippen molar-refractivity contribution in [1.29, 1.82) is 0 Å². The maximum absolute atomic E-state index is 12.7. The summed E-state index contributed by atoms with van der Waals surface area (Å²) in [5.74, 6) is 1.58. The van der Waals surface area contributed by atoms with Crippen molar-refractivity contribution in [3.8, 4) is 5.75 Å². The highest BCUT2D eigenvalue weighted by atomic mass is 32.2. The first-order valence-electron chi connectivity index (χ1n) is 11.2. The summed E-state index contributed by atoms with van der Waals surface area (Å²) < 4.78 is 11.5. The smallest absolute Gasteiger partial charge is 0.277 e. The zero-order chi connectivity index (χ0) is 23.2. The van der Waals surface area contributed by atoms with Gasteiger partial charge in [-0.25, -0.2) is 0 Å². The maximum Gasteiger partial charge on any atom is 0.277 e. The molecule has 1 aliphatic heterocycles.